The number of pyridine rings is 2. The van der Waals surface area contributed by atoms with Crippen LogP contribution in [-0.4, -0.2) is 19.1 Å². The van der Waals surface area contributed by atoms with Crippen LogP contribution in [0.1, 0.15) is 0 Å². The van der Waals surface area contributed by atoms with Crippen molar-refractivity contribution < 1.29 is 13.6 Å². The van der Waals surface area contributed by atoms with Crippen molar-refractivity contribution in [3.05, 3.63) is 158 Å². The number of benzene rings is 6. The first-order valence-electron chi connectivity index (χ1n) is 17.5. The van der Waals surface area contributed by atoms with Crippen molar-refractivity contribution >= 4 is 87.5 Å². The highest BCUT2D eigenvalue weighted by molar-refractivity contribution is 6.18. The first-order chi connectivity index (χ1) is 26.2. The number of fused-ring (bicyclic) bond motifs is 12. The molecule has 6 aromatic carbocycles. The minimum atomic E-state index is 0.718. The molecule has 0 fully saturated rings. The molecule has 0 unspecified atom stereocenters. The summed E-state index contributed by atoms with van der Waals surface area (Å²) in [5.41, 5.74) is 7.55. The molecule has 6 aromatic heterocycles. The molecule has 7 nitrogen and oxygen atoms in total. The molecule has 0 amide bonds. The van der Waals surface area contributed by atoms with Crippen LogP contribution in [0.5, 0.6) is 11.5 Å². The molecular formula is C46H26N4O3. The topological polar surface area (TPSA) is 71.2 Å². The van der Waals surface area contributed by atoms with E-state index in [4.69, 9.17) is 23.5 Å². The third-order valence-electron chi connectivity index (χ3n) is 10.5. The summed E-state index contributed by atoms with van der Waals surface area (Å²) < 4.78 is 23.7. The number of ether oxygens (including phenoxy) is 1. The fourth-order valence-electron chi connectivity index (χ4n) is 8.16. The maximum absolute atomic E-state index is 6.70. The number of hydrogen-bond donors (Lipinski definition) is 0. The summed E-state index contributed by atoms with van der Waals surface area (Å²) in [6.45, 7) is 0. The summed E-state index contributed by atoms with van der Waals surface area (Å²) >= 11 is 0. The van der Waals surface area contributed by atoms with Gasteiger partial charge in [-0.2, -0.15) is 0 Å². The Balaban J connectivity index is 1.05. The van der Waals surface area contributed by atoms with Gasteiger partial charge in [0.25, 0.3) is 0 Å². The van der Waals surface area contributed by atoms with Crippen molar-refractivity contribution in [2.24, 2.45) is 0 Å². The Morgan fingerprint density at radius 1 is 0.358 bits per heavy atom. The van der Waals surface area contributed by atoms with Gasteiger partial charge in [0.2, 0.25) is 0 Å². The Kier molecular flexibility index (Phi) is 5.65. The number of furan rings is 2. The molecule has 0 N–H and O–H groups in total. The summed E-state index contributed by atoms with van der Waals surface area (Å²) in [6.07, 6.45) is 3.66. The molecule has 0 saturated carbocycles. The van der Waals surface area contributed by atoms with Crippen LogP contribution in [0, 0.1) is 0 Å². The summed E-state index contributed by atoms with van der Waals surface area (Å²) in [4.78, 5) is 9.55. The quantitative estimate of drug-likeness (QED) is 0.185. The number of para-hydroxylation sites is 2. The number of hydrogen-bond acceptors (Lipinski definition) is 5. The third kappa shape index (κ3) is 4.10. The van der Waals surface area contributed by atoms with E-state index in [1.165, 1.54) is 0 Å². The Labute approximate surface area is 300 Å². The second kappa shape index (κ2) is 10.6. The highest BCUT2D eigenvalue weighted by Crippen LogP contribution is 2.42. The van der Waals surface area contributed by atoms with Crippen molar-refractivity contribution in [1.29, 1.82) is 0 Å². The van der Waals surface area contributed by atoms with Crippen LogP contribution in [0.15, 0.2) is 167 Å². The standard InChI is InChI=1S/C46H26N4O3/c1-3-11-41-31(9-1)35-23-39-33(25-43(35)52-41)29-17-15-27(21-37(29)49(39)45-13-5-7-19-47-45)51-28-16-18-30-34-26-44-36(32-10-2-4-12-42(32)53-44)24-40(34)50(38(30)22-28)46-14-6-8-20-48-46/h1-26H. The van der Waals surface area contributed by atoms with Crippen molar-refractivity contribution in [2.45, 2.75) is 0 Å². The number of nitrogens with zero attached hydrogens (tertiary/aromatic N) is 4. The van der Waals surface area contributed by atoms with E-state index < -0.39 is 0 Å². The predicted molar refractivity (Wildman–Crippen MR) is 212 cm³/mol. The zero-order valence-electron chi connectivity index (χ0n) is 28.0. The lowest BCUT2D eigenvalue weighted by Crippen LogP contribution is -1.97. The first-order valence-corrected chi connectivity index (χ1v) is 17.5. The molecule has 7 heteroatoms. The van der Waals surface area contributed by atoms with Crippen LogP contribution in [0.3, 0.4) is 0 Å². The Hall–Kier alpha value is -7.38. The fourth-order valence-corrected chi connectivity index (χ4v) is 8.16. The van der Waals surface area contributed by atoms with Gasteiger partial charge in [-0.05, 0) is 84.9 Å². The molecule has 0 radical (unpaired) electrons. The average molecular weight is 683 g/mol. The van der Waals surface area contributed by atoms with Crippen LogP contribution in [-0.2, 0) is 0 Å². The van der Waals surface area contributed by atoms with Crippen LogP contribution < -0.4 is 4.74 Å². The summed E-state index contributed by atoms with van der Waals surface area (Å²) in [7, 11) is 0. The Bertz CT molecular complexity index is 3200. The normalized spacial score (nSPS) is 12.2. The molecule has 0 saturated heterocycles. The maximum Gasteiger partial charge on any atom is 0.137 e. The lowest BCUT2D eigenvalue weighted by molar-refractivity contribution is 0.484. The molecule has 0 aliphatic rings. The van der Waals surface area contributed by atoms with Crippen molar-refractivity contribution in [1.82, 2.24) is 19.1 Å². The van der Waals surface area contributed by atoms with E-state index in [1.807, 2.05) is 97.3 Å². The molecule has 0 atom stereocenters. The van der Waals surface area contributed by atoms with Gasteiger partial charge in [0.1, 0.15) is 45.5 Å². The van der Waals surface area contributed by atoms with Gasteiger partial charge in [0.05, 0.1) is 22.1 Å². The van der Waals surface area contributed by atoms with Crippen LogP contribution in [0.4, 0.5) is 0 Å². The van der Waals surface area contributed by atoms with Gasteiger partial charge in [-0.1, -0.05) is 48.5 Å². The van der Waals surface area contributed by atoms with Gasteiger partial charge in [0.15, 0.2) is 0 Å². The van der Waals surface area contributed by atoms with E-state index in [0.717, 1.165) is 111 Å². The van der Waals surface area contributed by atoms with Gasteiger partial charge in [-0.3, -0.25) is 9.13 Å². The molecular weight excluding hydrogens is 657 g/mol. The highest BCUT2D eigenvalue weighted by Gasteiger charge is 2.20. The lowest BCUT2D eigenvalue weighted by Gasteiger charge is -2.10. The SMILES string of the molecule is c1ccc(-n2c3cc(Oc4ccc5c6cc7oc8ccccc8c7cc6n(-c6ccccn6)c5c4)ccc3c3cc4oc5ccccc5c4cc32)nc1. The first kappa shape index (κ1) is 28.3. The maximum atomic E-state index is 6.70. The number of rotatable bonds is 4. The van der Waals surface area contributed by atoms with Gasteiger partial charge in [0, 0.05) is 67.6 Å². The van der Waals surface area contributed by atoms with E-state index in [0.29, 0.717) is 0 Å². The second-order valence-corrected chi connectivity index (χ2v) is 13.4. The zero-order valence-corrected chi connectivity index (χ0v) is 28.0. The fraction of sp³-hybridized carbons (Fsp3) is 0. The number of aromatic nitrogens is 4. The zero-order chi connectivity index (χ0) is 34.6. The van der Waals surface area contributed by atoms with E-state index in [9.17, 15) is 0 Å². The van der Waals surface area contributed by atoms with Gasteiger partial charge in [-0.15, -0.1) is 0 Å². The van der Waals surface area contributed by atoms with Crippen LogP contribution in [0.2, 0.25) is 0 Å². The van der Waals surface area contributed by atoms with E-state index in [2.05, 4.69) is 69.8 Å². The second-order valence-electron chi connectivity index (χ2n) is 13.4. The minimum Gasteiger partial charge on any atom is -0.457 e. The van der Waals surface area contributed by atoms with E-state index in [-0.39, 0.29) is 0 Å². The molecule has 0 aliphatic carbocycles. The molecule has 248 valence electrons. The smallest absolute Gasteiger partial charge is 0.137 e. The minimum absolute atomic E-state index is 0.718. The van der Waals surface area contributed by atoms with E-state index in [1.54, 1.807) is 0 Å². The van der Waals surface area contributed by atoms with Gasteiger partial charge in [-0.25, -0.2) is 9.97 Å². The summed E-state index contributed by atoms with van der Waals surface area (Å²) in [5, 5.41) is 8.67. The highest BCUT2D eigenvalue weighted by atomic mass is 16.5. The molecule has 0 bridgehead atoms. The summed E-state index contributed by atoms with van der Waals surface area (Å²) in [5.74, 6) is 3.10. The predicted octanol–water partition coefficient (Wildman–Crippen LogP) is 12.3. The molecule has 6 heterocycles. The summed E-state index contributed by atoms with van der Waals surface area (Å²) in [6, 6.07) is 49.6. The van der Waals surface area contributed by atoms with Crippen molar-refractivity contribution in [3.8, 4) is 23.1 Å². The van der Waals surface area contributed by atoms with Crippen LogP contribution >= 0.6 is 0 Å². The lowest BCUT2D eigenvalue weighted by atomic mass is 10.1. The molecule has 0 spiro atoms. The molecule has 0 aliphatic heterocycles. The van der Waals surface area contributed by atoms with Gasteiger partial charge < -0.3 is 13.6 Å². The Morgan fingerprint density at radius 3 is 1.28 bits per heavy atom. The van der Waals surface area contributed by atoms with Crippen molar-refractivity contribution in [2.75, 3.05) is 0 Å². The Morgan fingerprint density at radius 2 is 0.811 bits per heavy atom. The monoisotopic (exact) mass is 682 g/mol. The molecule has 12 aromatic rings. The van der Waals surface area contributed by atoms with Gasteiger partial charge >= 0.3 is 0 Å². The average Bonchev–Trinajstić information content (AvgIpc) is 3.93. The largest absolute Gasteiger partial charge is 0.457 e. The molecule has 53 heavy (non-hydrogen) atoms. The van der Waals surface area contributed by atoms with Crippen molar-refractivity contribution in [3.63, 3.8) is 0 Å². The van der Waals surface area contributed by atoms with Crippen LogP contribution in [0.25, 0.3) is 99.1 Å². The third-order valence-corrected chi connectivity index (χ3v) is 10.5. The van der Waals surface area contributed by atoms with E-state index >= 15 is 0 Å². The molecule has 12 rings (SSSR count).